The smallest absolute Gasteiger partial charge is 0.254 e. The second-order valence-corrected chi connectivity index (χ2v) is 7.47. The lowest BCUT2D eigenvalue weighted by atomic mass is 10.1. The molecule has 0 atom stereocenters. The van der Waals surface area contributed by atoms with Crippen LogP contribution in [0.1, 0.15) is 29.1 Å². The van der Waals surface area contributed by atoms with Gasteiger partial charge in [-0.3, -0.25) is 0 Å². The molecule has 2 heterocycles. The largest absolute Gasteiger partial charge is 0.340 e. The molecule has 0 fully saturated rings. The molecule has 1 aliphatic rings. The molecule has 0 saturated carbocycles. The molecule has 0 unspecified atom stereocenters. The minimum Gasteiger partial charge on any atom is -0.340 e. The lowest BCUT2D eigenvalue weighted by Crippen LogP contribution is -2.07. The number of hydrogen-bond acceptors (Lipinski definition) is 4. The Bertz CT molecular complexity index is 1220. The van der Waals surface area contributed by atoms with Gasteiger partial charge in [-0.15, -0.1) is 5.10 Å². The van der Waals surface area contributed by atoms with E-state index in [1.54, 1.807) is 4.52 Å². The second-order valence-electron chi connectivity index (χ2n) is 7.04. The van der Waals surface area contributed by atoms with Crippen LogP contribution in [0.4, 0.5) is 20.3 Å². The van der Waals surface area contributed by atoms with Gasteiger partial charge in [0.2, 0.25) is 0 Å². The lowest BCUT2D eigenvalue weighted by Gasteiger charge is -2.12. The highest BCUT2D eigenvalue weighted by Crippen LogP contribution is 2.30. The van der Waals surface area contributed by atoms with E-state index in [9.17, 15) is 8.78 Å². The molecule has 0 spiro atoms. The molecule has 29 heavy (non-hydrogen) atoms. The van der Waals surface area contributed by atoms with Crippen LogP contribution < -0.4 is 5.32 Å². The number of aryl methyl sites for hydroxylation is 1. The van der Waals surface area contributed by atoms with Crippen LogP contribution in [0, 0.1) is 11.6 Å². The van der Waals surface area contributed by atoms with Crippen LogP contribution in [0.25, 0.3) is 5.78 Å². The van der Waals surface area contributed by atoms with E-state index in [4.69, 9.17) is 11.6 Å². The van der Waals surface area contributed by atoms with Crippen LogP contribution in [0.3, 0.4) is 0 Å². The number of hydrogen-bond donors (Lipinski definition) is 1. The first-order chi connectivity index (χ1) is 14.1. The van der Waals surface area contributed by atoms with Gasteiger partial charge in [0, 0.05) is 28.8 Å². The molecule has 146 valence electrons. The molecule has 1 aliphatic carbocycles. The van der Waals surface area contributed by atoms with E-state index in [0.717, 1.165) is 48.2 Å². The predicted molar refractivity (Wildman–Crippen MR) is 107 cm³/mol. The van der Waals surface area contributed by atoms with Crippen LogP contribution in [0.5, 0.6) is 0 Å². The zero-order valence-electron chi connectivity index (χ0n) is 15.3. The average Bonchev–Trinajstić information content (AvgIpc) is 3.33. The molecule has 5 nitrogen and oxygen atoms in total. The molecule has 2 aromatic carbocycles. The van der Waals surface area contributed by atoms with Gasteiger partial charge < -0.3 is 5.32 Å². The molecule has 0 radical (unpaired) electrons. The third-order valence-electron chi connectivity index (χ3n) is 5.01. The van der Waals surface area contributed by atoms with Crippen molar-refractivity contribution in [3.63, 3.8) is 0 Å². The van der Waals surface area contributed by atoms with Crippen molar-refractivity contribution >= 4 is 28.9 Å². The Balaban J connectivity index is 1.56. The SMILES string of the molecule is Fc1ccc(Nc2c3c(nc4nc(Cc5ccc(Cl)cc5)nn24)CCC3)cc1F. The minimum absolute atomic E-state index is 0.445. The van der Waals surface area contributed by atoms with Gasteiger partial charge in [-0.05, 0) is 49.1 Å². The highest BCUT2D eigenvalue weighted by molar-refractivity contribution is 6.30. The van der Waals surface area contributed by atoms with E-state index >= 15 is 0 Å². The summed E-state index contributed by atoms with van der Waals surface area (Å²) in [5.41, 5.74) is 3.48. The van der Waals surface area contributed by atoms with E-state index in [1.807, 2.05) is 24.3 Å². The van der Waals surface area contributed by atoms with E-state index in [1.165, 1.54) is 6.07 Å². The summed E-state index contributed by atoms with van der Waals surface area (Å²) in [7, 11) is 0. The summed E-state index contributed by atoms with van der Waals surface area (Å²) < 4.78 is 28.6. The summed E-state index contributed by atoms with van der Waals surface area (Å²) in [6.45, 7) is 0. The zero-order chi connectivity index (χ0) is 20.0. The summed E-state index contributed by atoms with van der Waals surface area (Å²) in [4.78, 5) is 9.24. The van der Waals surface area contributed by atoms with Gasteiger partial charge in [-0.25, -0.2) is 13.8 Å². The van der Waals surface area contributed by atoms with E-state index in [-0.39, 0.29) is 0 Å². The second kappa shape index (κ2) is 7.08. The standard InChI is InChI=1S/C21H16ClF2N5/c22-13-6-4-12(5-7-13)10-19-27-21-26-18-3-1-2-15(18)20(29(21)28-19)25-14-8-9-16(23)17(24)11-14/h4-9,11,25H,1-3,10H2. The normalized spacial score (nSPS) is 13.1. The predicted octanol–water partition coefficient (Wildman–Crippen LogP) is 4.88. The van der Waals surface area contributed by atoms with Gasteiger partial charge in [-0.1, -0.05) is 23.7 Å². The fourth-order valence-corrected chi connectivity index (χ4v) is 3.75. The molecule has 4 aromatic rings. The maximum Gasteiger partial charge on any atom is 0.254 e. The number of benzene rings is 2. The number of halogens is 3. The van der Waals surface area contributed by atoms with Crippen molar-refractivity contribution in [3.8, 4) is 0 Å². The maximum atomic E-state index is 13.7. The molecule has 0 aliphatic heterocycles. The molecule has 0 saturated heterocycles. The Morgan fingerprint density at radius 1 is 1.00 bits per heavy atom. The summed E-state index contributed by atoms with van der Waals surface area (Å²) in [6.07, 6.45) is 3.23. The number of nitrogens with zero attached hydrogens (tertiary/aromatic N) is 4. The third kappa shape index (κ3) is 3.42. The van der Waals surface area contributed by atoms with Gasteiger partial charge in [0.1, 0.15) is 5.82 Å². The Hall–Kier alpha value is -3.06. The van der Waals surface area contributed by atoms with Crippen molar-refractivity contribution < 1.29 is 8.78 Å². The number of anilines is 2. The van der Waals surface area contributed by atoms with Crippen LogP contribution in [0.15, 0.2) is 42.5 Å². The van der Waals surface area contributed by atoms with Crippen molar-refractivity contribution in [1.29, 1.82) is 0 Å². The summed E-state index contributed by atoms with van der Waals surface area (Å²) in [5.74, 6) is 0.0190. The highest BCUT2D eigenvalue weighted by atomic mass is 35.5. The Morgan fingerprint density at radius 2 is 1.83 bits per heavy atom. The lowest BCUT2D eigenvalue weighted by molar-refractivity contribution is 0.509. The number of fused-ring (bicyclic) bond motifs is 2. The Morgan fingerprint density at radius 3 is 2.62 bits per heavy atom. The minimum atomic E-state index is -0.904. The van der Waals surface area contributed by atoms with Crippen molar-refractivity contribution in [2.45, 2.75) is 25.7 Å². The molecule has 5 rings (SSSR count). The third-order valence-corrected chi connectivity index (χ3v) is 5.27. The topological polar surface area (TPSA) is 55.1 Å². The fraction of sp³-hybridized carbons (Fsp3) is 0.190. The van der Waals surface area contributed by atoms with Crippen molar-refractivity contribution in [3.05, 3.63) is 81.8 Å². The quantitative estimate of drug-likeness (QED) is 0.520. The molecular weight excluding hydrogens is 396 g/mol. The number of aromatic nitrogens is 4. The van der Waals surface area contributed by atoms with Gasteiger partial charge in [0.25, 0.3) is 5.78 Å². The molecule has 0 amide bonds. The van der Waals surface area contributed by atoms with Crippen LogP contribution in [0.2, 0.25) is 5.02 Å². The van der Waals surface area contributed by atoms with Crippen LogP contribution >= 0.6 is 11.6 Å². The Kier molecular flexibility index (Phi) is 4.39. The monoisotopic (exact) mass is 411 g/mol. The number of nitrogens with one attached hydrogen (secondary N) is 1. The Labute approximate surface area is 170 Å². The maximum absolute atomic E-state index is 13.7. The molecule has 8 heteroatoms. The highest BCUT2D eigenvalue weighted by Gasteiger charge is 2.22. The molecule has 2 aromatic heterocycles. The van der Waals surface area contributed by atoms with Gasteiger partial charge in [-0.2, -0.15) is 9.50 Å². The average molecular weight is 412 g/mol. The van der Waals surface area contributed by atoms with Crippen LogP contribution in [-0.4, -0.2) is 19.6 Å². The van der Waals surface area contributed by atoms with Crippen LogP contribution in [-0.2, 0) is 19.3 Å². The van der Waals surface area contributed by atoms with Crippen molar-refractivity contribution in [2.24, 2.45) is 0 Å². The van der Waals surface area contributed by atoms with Crippen molar-refractivity contribution in [2.75, 3.05) is 5.32 Å². The van der Waals surface area contributed by atoms with E-state index in [0.29, 0.717) is 34.6 Å². The van der Waals surface area contributed by atoms with Gasteiger partial charge in [0.05, 0.1) is 5.69 Å². The zero-order valence-corrected chi connectivity index (χ0v) is 16.0. The summed E-state index contributed by atoms with van der Waals surface area (Å²) >= 11 is 5.95. The van der Waals surface area contributed by atoms with E-state index < -0.39 is 11.6 Å². The first-order valence-electron chi connectivity index (χ1n) is 9.31. The van der Waals surface area contributed by atoms with Gasteiger partial charge in [0.15, 0.2) is 17.5 Å². The molecule has 1 N–H and O–H groups in total. The summed E-state index contributed by atoms with van der Waals surface area (Å²) in [5, 5.41) is 8.49. The molecule has 0 bridgehead atoms. The molecular formula is C21H16ClF2N5. The number of rotatable bonds is 4. The summed E-state index contributed by atoms with van der Waals surface area (Å²) in [6, 6.07) is 11.3. The van der Waals surface area contributed by atoms with E-state index in [2.05, 4.69) is 20.4 Å². The van der Waals surface area contributed by atoms with Gasteiger partial charge >= 0.3 is 0 Å². The first kappa shape index (κ1) is 18.0. The fourth-order valence-electron chi connectivity index (χ4n) is 3.62. The van der Waals surface area contributed by atoms with Crippen molar-refractivity contribution in [1.82, 2.24) is 19.6 Å². The first-order valence-corrected chi connectivity index (χ1v) is 9.68.